The van der Waals surface area contributed by atoms with Crippen molar-refractivity contribution in [1.29, 1.82) is 0 Å². The van der Waals surface area contributed by atoms with Gasteiger partial charge in [-0.2, -0.15) is 0 Å². The summed E-state index contributed by atoms with van der Waals surface area (Å²) in [6.07, 6.45) is 2.73. The van der Waals surface area contributed by atoms with E-state index < -0.39 is 11.7 Å². The van der Waals surface area contributed by atoms with Crippen molar-refractivity contribution < 1.29 is 13.9 Å². The molecule has 0 amide bonds. The first-order valence-corrected chi connectivity index (χ1v) is 6.47. The molecule has 5 nitrogen and oxygen atoms in total. The zero-order valence-electron chi connectivity index (χ0n) is 10.3. The summed E-state index contributed by atoms with van der Waals surface area (Å²) >= 11 is 1.97. The number of aromatic nitrogens is 2. The Hall–Kier alpha value is -1.31. The molecule has 0 radical (unpaired) electrons. The Morgan fingerprint density at radius 1 is 1.50 bits per heavy atom. The number of hydrogen-bond donors (Lipinski definition) is 0. The van der Waals surface area contributed by atoms with Gasteiger partial charge in [-0.15, -0.1) is 0 Å². The molecule has 2 aromatic heterocycles. The molecular formula is C12H13IN2O3. The normalized spacial score (nSPS) is 11.6. The Morgan fingerprint density at radius 3 is 2.78 bits per heavy atom. The van der Waals surface area contributed by atoms with E-state index in [1.54, 1.807) is 18.3 Å². The second-order valence-electron chi connectivity index (χ2n) is 4.73. The van der Waals surface area contributed by atoms with Crippen LogP contribution in [0.2, 0.25) is 0 Å². The van der Waals surface area contributed by atoms with Crippen LogP contribution in [-0.4, -0.2) is 21.2 Å². The zero-order valence-corrected chi connectivity index (χ0v) is 12.5. The van der Waals surface area contributed by atoms with Gasteiger partial charge in [0.15, 0.2) is 0 Å². The average molecular weight is 360 g/mol. The topological polar surface area (TPSA) is 57.3 Å². The van der Waals surface area contributed by atoms with Gasteiger partial charge in [-0.3, -0.25) is 4.57 Å². The fourth-order valence-electron chi connectivity index (χ4n) is 1.43. The summed E-state index contributed by atoms with van der Waals surface area (Å²) in [4.78, 5) is 16.2. The van der Waals surface area contributed by atoms with Crippen molar-refractivity contribution in [2.24, 2.45) is 0 Å². The highest BCUT2D eigenvalue weighted by Gasteiger charge is 2.20. The van der Waals surface area contributed by atoms with Crippen LogP contribution in [0.4, 0.5) is 4.79 Å². The fraction of sp³-hybridized carbons (Fsp3) is 0.333. The maximum atomic E-state index is 12.0. The molecule has 0 atom stereocenters. The molecule has 0 aliphatic rings. The van der Waals surface area contributed by atoms with E-state index in [0.29, 0.717) is 15.3 Å². The Bertz CT molecular complexity index is 566. The molecule has 96 valence electrons. The highest BCUT2D eigenvalue weighted by molar-refractivity contribution is 14.1. The van der Waals surface area contributed by atoms with Gasteiger partial charge >= 0.3 is 6.09 Å². The molecule has 0 bridgehead atoms. The molecule has 0 saturated carbocycles. The molecule has 0 fully saturated rings. The first kappa shape index (κ1) is 13.1. The molecule has 0 spiro atoms. The van der Waals surface area contributed by atoms with Crippen molar-refractivity contribution in [3.05, 3.63) is 28.5 Å². The molecular weight excluding hydrogens is 347 g/mol. The lowest BCUT2D eigenvalue weighted by molar-refractivity contribution is 0.0540. The van der Waals surface area contributed by atoms with E-state index in [1.807, 2.05) is 43.4 Å². The Balaban J connectivity index is 2.31. The van der Waals surface area contributed by atoms with E-state index in [4.69, 9.17) is 9.15 Å². The standard InChI is InChI=1S/C12H13IN2O3/c1-12(2,3)18-11(16)15-6-4-5-9(15)8-7-17-10(13)14-8/h4-7H,1-3H3. The number of carbonyl (C=O) groups is 1. The second kappa shape index (κ2) is 4.75. The van der Waals surface area contributed by atoms with E-state index in [9.17, 15) is 4.79 Å². The lowest BCUT2D eigenvalue weighted by atomic mass is 10.2. The summed E-state index contributed by atoms with van der Waals surface area (Å²) in [5.41, 5.74) is 0.725. The van der Waals surface area contributed by atoms with Crippen LogP contribution in [0.15, 0.2) is 29.0 Å². The molecule has 0 saturated heterocycles. The maximum Gasteiger partial charge on any atom is 0.419 e. The van der Waals surface area contributed by atoms with Gasteiger partial charge in [-0.1, -0.05) is 0 Å². The van der Waals surface area contributed by atoms with Crippen LogP contribution in [0.5, 0.6) is 0 Å². The van der Waals surface area contributed by atoms with Gasteiger partial charge in [-0.25, -0.2) is 9.78 Å². The third-order valence-electron chi connectivity index (χ3n) is 2.08. The van der Waals surface area contributed by atoms with Crippen molar-refractivity contribution in [3.63, 3.8) is 0 Å². The molecule has 2 heterocycles. The Kier molecular flexibility index (Phi) is 3.47. The van der Waals surface area contributed by atoms with Crippen molar-refractivity contribution in [1.82, 2.24) is 9.55 Å². The van der Waals surface area contributed by atoms with Crippen molar-refractivity contribution in [3.8, 4) is 11.4 Å². The third kappa shape index (κ3) is 2.92. The first-order valence-electron chi connectivity index (χ1n) is 5.39. The van der Waals surface area contributed by atoms with E-state index in [-0.39, 0.29) is 0 Å². The minimum Gasteiger partial charge on any atom is -0.443 e. The predicted octanol–water partition coefficient (Wildman–Crippen LogP) is 3.53. The third-order valence-corrected chi connectivity index (χ3v) is 2.57. The van der Waals surface area contributed by atoms with E-state index in [0.717, 1.165) is 0 Å². The zero-order chi connectivity index (χ0) is 13.3. The molecule has 0 N–H and O–H groups in total. The summed E-state index contributed by atoms with van der Waals surface area (Å²) in [5.74, 6) is 0. The molecule has 0 aliphatic heterocycles. The van der Waals surface area contributed by atoms with E-state index >= 15 is 0 Å². The second-order valence-corrected chi connectivity index (χ2v) is 5.65. The molecule has 2 rings (SSSR count). The highest BCUT2D eigenvalue weighted by Crippen LogP contribution is 2.21. The summed E-state index contributed by atoms with van der Waals surface area (Å²) in [6.45, 7) is 5.48. The number of hydrogen-bond acceptors (Lipinski definition) is 4. The Labute approximate surface area is 118 Å². The molecule has 0 unspecified atom stereocenters. The lowest BCUT2D eigenvalue weighted by Gasteiger charge is -2.20. The fourth-order valence-corrected chi connectivity index (χ4v) is 1.82. The van der Waals surface area contributed by atoms with Gasteiger partial charge in [0, 0.05) is 28.8 Å². The van der Waals surface area contributed by atoms with Crippen LogP contribution in [0.1, 0.15) is 20.8 Å². The van der Waals surface area contributed by atoms with Crippen molar-refractivity contribution >= 4 is 28.7 Å². The van der Waals surface area contributed by atoms with E-state index in [2.05, 4.69) is 4.98 Å². The van der Waals surface area contributed by atoms with Gasteiger partial charge < -0.3 is 9.15 Å². The minimum atomic E-state index is -0.531. The van der Waals surface area contributed by atoms with Gasteiger partial charge in [0.05, 0.1) is 5.69 Å². The van der Waals surface area contributed by atoms with Crippen LogP contribution in [0.25, 0.3) is 11.4 Å². The number of oxazole rings is 1. The van der Waals surface area contributed by atoms with Crippen LogP contribution in [-0.2, 0) is 4.74 Å². The largest absolute Gasteiger partial charge is 0.443 e. The minimum absolute atomic E-state index is 0.430. The molecule has 6 heteroatoms. The summed E-state index contributed by atoms with van der Waals surface area (Å²) in [6, 6.07) is 3.55. The number of nitrogens with zero attached hydrogens (tertiary/aromatic N) is 2. The predicted molar refractivity (Wildman–Crippen MR) is 74.3 cm³/mol. The molecule has 0 aliphatic carbocycles. The maximum absolute atomic E-state index is 12.0. The highest BCUT2D eigenvalue weighted by atomic mass is 127. The molecule has 2 aromatic rings. The monoisotopic (exact) mass is 360 g/mol. The van der Waals surface area contributed by atoms with Crippen LogP contribution in [0.3, 0.4) is 0 Å². The van der Waals surface area contributed by atoms with Crippen molar-refractivity contribution in [2.45, 2.75) is 26.4 Å². The average Bonchev–Trinajstić information content (AvgIpc) is 2.81. The first-order chi connectivity index (χ1) is 8.37. The van der Waals surface area contributed by atoms with Crippen LogP contribution >= 0.6 is 22.6 Å². The Morgan fingerprint density at radius 2 is 2.22 bits per heavy atom. The summed E-state index contributed by atoms with van der Waals surface area (Å²) in [5, 5.41) is 0. The SMILES string of the molecule is CC(C)(C)OC(=O)n1cccc1-c1coc(I)n1. The summed E-state index contributed by atoms with van der Waals surface area (Å²) in [7, 11) is 0. The quantitative estimate of drug-likeness (QED) is 0.730. The lowest BCUT2D eigenvalue weighted by Crippen LogP contribution is -2.27. The molecule has 0 aromatic carbocycles. The number of carbonyl (C=O) groups excluding carboxylic acids is 1. The number of ether oxygens (including phenoxy) is 1. The van der Waals surface area contributed by atoms with Crippen LogP contribution in [0, 0.1) is 3.90 Å². The van der Waals surface area contributed by atoms with Gasteiger partial charge in [-0.05, 0) is 32.9 Å². The van der Waals surface area contributed by atoms with Gasteiger partial charge in [0.25, 0.3) is 3.90 Å². The smallest absolute Gasteiger partial charge is 0.419 e. The number of rotatable bonds is 1. The molecule has 18 heavy (non-hydrogen) atoms. The van der Waals surface area contributed by atoms with Gasteiger partial charge in [0.2, 0.25) is 0 Å². The summed E-state index contributed by atoms with van der Waals surface area (Å²) < 4.78 is 12.4. The van der Waals surface area contributed by atoms with Crippen LogP contribution < -0.4 is 0 Å². The van der Waals surface area contributed by atoms with Crippen molar-refractivity contribution in [2.75, 3.05) is 0 Å². The van der Waals surface area contributed by atoms with Gasteiger partial charge in [0.1, 0.15) is 17.6 Å². The van der Waals surface area contributed by atoms with E-state index in [1.165, 1.54) is 10.8 Å². The number of halogens is 1.